The minimum Gasteiger partial charge on any atom is -0.485 e. The largest absolute Gasteiger partial charge is 0.485 e. The van der Waals surface area contributed by atoms with Gasteiger partial charge in [0.25, 0.3) is 0 Å². The van der Waals surface area contributed by atoms with Gasteiger partial charge in [0, 0.05) is 10.6 Å². The maximum absolute atomic E-state index is 5.76. The van der Waals surface area contributed by atoms with Crippen molar-refractivity contribution < 1.29 is 4.74 Å². The van der Waals surface area contributed by atoms with Crippen molar-refractivity contribution in [3.8, 4) is 0 Å². The van der Waals surface area contributed by atoms with Gasteiger partial charge in [0.1, 0.15) is 0 Å². The van der Waals surface area contributed by atoms with Crippen LogP contribution >= 0.6 is 23.5 Å². The van der Waals surface area contributed by atoms with Crippen LogP contribution in [0, 0.1) is 0 Å². The predicted molar refractivity (Wildman–Crippen MR) is 84.1 cm³/mol. The van der Waals surface area contributed by atoms with Crippen LogP contribution in [0.4, 0.5) is 0 Å². The molecule has 0 spiro atoms. The molecule has 3 heteroatoms. The molecule has 1 aliphatic heterocycles. The van der Waals surface area contributed by atoms with Crippen molar-refractivity contribution in [2.24, 2.45) is 0 Å². The van der Waals surface area contributed by atoms with Crippen LogP contribution in [0.5, 0.6) is 0 Å². The van der Waals surface area contributed by atoms with Gasteiger partial charge in [-0.15, -0.1) is 0 Å². The first-order chi connectivity index (χ1) is 9.43. The van der Waals surface area contributed by atoms with E-state index in [2.05, 4.69) is 48.5 Å². The Bertz CT molecular complexity index is 556. The summed E-state index contributed by atoms with van der Waals surface area (Å²) < 4.78 is 5.76. The Morgan fingerprint density at radius 3 is 2.26 bits per heavy atom. The first kappa shape index (κ1) is 12.7. The second-order valence-electron chi connectivity index (χ2n) is 4.09. The van der Waals surface area contributed by atoms with E-state index in [0.29, 0.717) is 0 Å². The van der Waals surface area contributed by atoms with Crippen LogP contribution in [-0.4, -0.2) is 12.4 Å². The maximum Gasteiger partial charge on any atom is 0.167 e. The highest BCUT2D eigenvalue weighted by Crippen LogP contribution is 2.42. The molecule has 0 unspecified atom stereocenters. The van der Waals surface area contributed by atoms with Gasteiger partial charge in [-0.3, -0.25) is 0 Å². The average molecular weight is 286 g/mol. The van der Waals surface area contributed by atoms with Gasteiger partial charge >= 0.3 is 0 Å². The molecule has 0 radical (unpaired) electrons. The number of benzene rings is 2. The van der Waals surface area contributed by atoms with E-state index >= 15 is 0 Å². The molecule has 19 heavy (non-hydrogen) atoms. The van der Waals surface area contributed by atoms with Crippen molar-refractivity contribution >= 4 is 28.4 Å². The summed E-state index contributed by atoms with van der Waals surface area (Å²) in [4.78, 5) is 2.46. The molecule has 1 aliphatic rings. The quantitative estimate of drug-likeness (QED) is 0.745. The fourth-order valence-corrected chi connectivity index (χ4v) is 3.85. The van der Waals surface area contributed by atoms with E-state index in [1.807, 2.05) is 12.1 Å². The van der Waals surface area contributed by atoms with Crippen molar-refractivity contribution in [2.45, 2.75) is 4.90 Å². The highest BCUT2D eigenvalue weighted by molar-refractivity contribution is 8.10. The smallest absolute Gasteiger partial charge is 0.167 e. The minimum absolute atomic E-state index is 0.811. The Labute approximate surface area is 122 Å². The Balaban J connectivity index is 1.96. The lowest BCUT2D eigenvalue weighted by Crippen LogP contribution is -1.87. The van der Waals surface area contributed by atoms with Gasteiger partial charge in [-0.25, -0.2) is 0 Å². The van der Waals surface area contributed by atoms with Crippen LogP contribution in [0.1, 0.15) is 5.56 Å². The van der Waals surface area contributed by atoms with Crippen LogP contribution in [-0.2, 0) is 4.74 Å². The number of thioether (sulfide) groups is 2. The van der Waals surface area contributed by atoms with Crippen LogP contribution in [0.15, 0.2) is 70.7 Å². The summed E-state index contributed by atoms with van der Waals surface area (Å²) in [5.41, 5.74) is 1.22. The van der Waals surface area contributed by atoms with Crippen LogP contribution in [0.25, 0.3) is 4.91 Å². The summed E-state index contributed by atoms with van der Waals surface area (Å²) >= 11 is 3.57. The van der Waals surface area contributed by atoms with Gasteiger partial charge in [0.2, 0.25) is 0 Å². The average Bonchev–Trinajstić information content (AvgIpc) is 3.01. The normalized spacial score (nSPS) is 17.1. The monoisotopic (exact) mass is 286 g/mol. The molecule has 0 N–H and O–H groups in total. The van der Waals surface area contributed by atoms with Gasteiger partial charge < -0.3 is 4.74 Å². The lowest BCUT2D eigenvalue weighted by Gasteiger charge is -2.10. The fourth-order valence-electron chi connectivity index (χ4n) is 1.86. The third-order valence-corrected chi connectivity index (χ3v) is 4.95. The molecule has 2 aromatic carbocycles. The van der Waals surface area contributed by atoms with Crippen molar-refractivity contribution in [1.29, 1.82) is 0 Å². The number of hydrogen-bond donors (Lipinski definition) is 0. The van der Waals surface area contributed by atoms with Crippen molar-refractivity contribution in [3.63, 3.8) is 0 Å². The molecule has 0 amide bonds. The van der Waals surface area contributed by atoms with Crippen LogP contribution in [0.3, 0.4) is 0 Å². The van der Waals surface area contributed by atoms with E-state index < -0.39 is 0 Å². The lowest BCUT2D eigenvalue weighted by atomic mass is 10.2. The first-order valence-electron chi connectivity index (χ1n) is 6.22. The summed E-state index contributed by atoms with van der Waals surface area (Å²) in [6.45, 7) is 0.811. The Morgan fingerprint density at radius 2 is 1.63 bits per heavy atom. The highest BCUT2D eigenvalue weighted by atomic mass is 32.2. The van der Waals surface area contributed by atoms with Crippen LogP contribution in [0.2, 0.25) is 0 Å². The Hall–Kier alpha value is -1.32. The summed E-state index contributed by atoms with van der Waals surface area (Å²) in [5.74, 6) is 1.04. The molecule has 1 nitrogen and oxygen atoms in total. The molecule has 0 bridgehead atoms. The molecule has 1 fully saturated rings. The molecule has 0 aromatic heterocycles. The molecule has 0 aliphatic carbocycles. The fraction of sp³-hybridized carbons (Fsp3) is 0.125. The Kier molecular flexibility index (Phi) is 4.16. The molecule has 96 valence electrons. The molecule has 0 atom stereocenters. The third-order valence-electron chi connectivity index (χ3n) is 2.73. The number of rotatable bonds is 3. The van der Waals surface area contributed by atoms with Crippen molar-refractivity contribution in [1.82, 2.24) is 0 Å². The number of ether oxygens (including phenoxy) is 1. The predicted octanol–water partition coefficient (Wildman–Crippen LogP) is 4.87. The molecule has 3 rings (SSSR count). The van der Waals surface area contributed by atoms with E-state index in [0.717, 1.165) is 17.5 Å². The molecular formula is C16H14OS2. The van der Waals surface area contributed by atoms with E-state index in [1.54, 1.807) is 23.5 Å². The van der Waals surface area contributed by atoms with Gasteiger partial charge in [0.05, 0.1) is 11.5 Å². The summed E-state index contributed by atoms with van der Waals surface area (Å²) in [6, 6.07) is 20.9. The molecule has 0 saturated carbocycles. The molecule has 1 saturated heterocycles. The maximum atomic E-state index is 5.76. The summed E-state index contributed by atoms with van der Waals surface area (Å²) in [7, 11) is 0. The standard InChI is InChI=1S/C16H14OS2/c1-3-7-13(8-4-1)15(16-17-11-12-18-16)19-14-9-5-2-6-10-14/h1-10H,11-12H2/b16-15+. The van der Waals surface area contributed by atoms with E-state index in [9.17, 15) is 0 Å². The van der Waals surface area contributed by atoms with Gasteiger partial charge in [-0.2, -0.15) is 0 Å². The zero-order valence-electron chi connectivity index (χ0n) is 10.4. The van der Waals surface area contributed by atoms with Crippen molar-refractivity contribution in [3.05, 3.63) is 71.3 Å². The molecule has 1 heterocycles. The molecular weight excluding hydrogens is 272 g/mol. The Morgan fingerprint density at radius 1 is 0.947 bits per heavy atom. The van der Waals surface area contributed by atoms with Crippen LogP contribution < -0.4 is 0 Å². The zero-order valence-corrected chi connectivity index (χ0v) is 12.0. The molecule has 2 aromatic rings. The number of hydrogen-bond acceptors (Lipinski definition) is 3. The minimum atomic E-state index is 0.811. The van der Waals surface area contributed by atoms with E-state index in [4.69, 9.17) is 4.74 Å². The zero-order chi connectivity index (χ0) is 12.9. The van der Waals surface area contributed by atoms with Crippen molar-refractivity contribution in [2.75, 3.05) is 12.4 Å². The summed E-state index contributed by atoms with van der Waals surface area (Å²) in [5, 5.41) is 1.06. The topological polar surface area (TPSA) is 9.23 Å². The van der Waals surface area contributed by atoms with E-state index in [1.165, 1.54) is 15.4 Å². The SMILES string of the molecule is c1ccc(S/C(=C2\OCCS2)c2ccccc2)cc1. The second kappa shape index (κ2) is 6.22. The first-order valence-corrected chi connectivity index (χ1v) is 8.02. The highest BCUT2D eigenvalue weighted by Gasteiger charge is 2.17. The third kappa shape index (κ3) is 3.17. The summed E-state index contributed by atoms with van der Waals surface area (Å²) in [6.07, 6.45) is 0. The van der Waals surface area contributed by atoms with Gasteiger partial charge in [-0.05, 0) is 17.7 Å². The van der Waals surface area contributed by atoms with Gasteiger partial charge in [0.15, 0.2) is 5.09 Å². The van der Waals surface area contributed by atoms with E-state index in [-0.39, 0.29) is 0 Å². The second-order valence-corrected chi connectivity index (χ2v) is 6.25. The van der Waals surface area contributed by atoms with Gasteiger partial charge in [-0.1, -0.05) is 72.1 Å². The lowest BCUT2D eigenvalue weighted by molar-refractivity contribution is 0.277.